The number of fused-ring (bicyclic) bond motifs is 1. The number of benzene rings is 2. The Hall–Kier alpha value is -2.93. The summed E-state index contributed by atoms with van der Waals surface area (Å²) in [4.78, 5) is 0. The van der Waals surface area contributed by atoms with Gasteiger partial charge in [-0.2, -0.15) is 5.26 Å². The normalized spacial score (nSPS) is 14.9. The maximum absolute atomic E-state index is 9.50. The first-order chi connectivity index (χ1) is 12.8. The predicted molar refractivity (Wildman–Crippen MR) is 105 cm³/mol. The zero-order valence-electron chi connectivity index (χ0n) is 15.0. The van der Waals surface area contributed by atoms with E-state index in [4.69, 9.17) is 4.74 Å². The van der Waals surface area contributed by atoms with Crippen molar-refractivity contribution in [1.29, 1.82) is 5.26 Å². The van der Waals surface area contributed by atoms with Crippen LogP contribution in [0.1, 0.15) is 37.7 Å². The van der Waals surface area contributed by atoms with Crippen LogP contribution in [0.3, 0.4) is 0 Å². The van der Waals surface area contributed by atoms with Gasteiger partial charge >= 0.3 is 0 Å². The molecule has 132 valence electrons. The highest BCUT2D eigenvalue weighted by molar-refractivity contribution is 5.88. The lowest BCUT2D eigenvalue weighted by atomic mass is 9.95. The van der Waals surface area contributed by atoms with E-state index >= 15 is 0 Å². The Morgan fingerprint density at radius 1 is 1.12 bits per heavy atom. The molecule has 2 aromatic carbocycles. The van der Waals surface area contributed by atoms with E-state index in [2.05, 4.69) is 40.3 Å². The van der Waals surface area contributed by atoms with Gasteiger partial charge in [-0.1, -0.05) is 25.3 Å². The second kappa shape index (κ2) is 7.13. The number of hydrogen-bond acceptors (Lipinski definition) is 3. The molecule has 0 atom stereocenters. The van der Waals surface area contributed by atoms with E-state index < -0.39 is 0 Å². The van der Waals surface area contributed by atoms with E-state index in [1.807, 2.05) is 24.3 Å². The number of ether oxygens (including phenoxy) is 1. The van der Waals surface area contributed by atoms with Crippen LogP contribution in [0.15, 0.2) is 48.7 Å². The number of nitriles is 1. The van der Waals surface area contributed by atoms with Gasteiger partial charge in [-0.05, 0) is 49.2 Å². The first-order valence-corrected chi connectivity index (χ1v) is 9.25. The summed E-state index contributed by atoms with van der Waals surface area (Å²) >= 11 is 0. The summed E-state index contributed by atoms with van der Waals surface area (Å²) < 4.78 is 7.61. The van der Waals surface area contributed by atoms with Gasteiger partial charge in [0, 0.05) is 23.3 Å². The first kappa shape index (κ1) is 16.5. The molecule has 1 fully saturated rings. The Morgan fingerprint density at radius 3 is 2.73 bits per heavy atom. The summed E-state index contributed by atoms with van der Waals surface area (Å²) in [7, 11) is 1.69. The van der Waals surface area contributed by atoms with Crippen LogP contribution in [0.2, 0.25) is 0 Å². The number of aromatic nitrogens is 1. The van der Waals surface area contributed by atoms with Crippen molar-refractivity contribution in [3.05, 3.63) is 54.2 Å². The minimum atomic E-state index is 0.465. The van der Waals surface area contributed by atoms with Crippen LogP contribution in [0.4, 0.5) is 5.69 Å². The molecule has 0 bridgehead atoms. The molecule has 0 saturated heterocycles. The predicted octanol–water partition coefficient (Wildman–Crippen LogP) is 5.26. The topological polar surface area (TPSA) is 50.0 Å². The molecule has 1 aliphatic rings. The minimum Gasteiger partial charge on any atom is -0.496 e. The standard InChI is InChI=1S/C22H23N3O/c1-26-22-9-5-8-21-19(22)12-13-25(21)18-11-10-16(15-23)20(14-18)24-17-6-3-2-4-7-17/h5,8-14,17,24H,2-4,6-7H2,1H3. The van der Waals surface area contributed by atoms with Gasteiger partial charge in [-0.25, -0.2) is 0 Å². The lowest BCUT2D eigenvalue weighted by Gasteiger charge is -2.24. The van der Waals surface area contributed by atoms with Crippen molar-refractivity contribution in [1.82, 2.24) is 4.57 Å². The molecule has 0 unspecified atom stereocenters. The summed E-state index contributed by atoms with van der Waals surface area (Å²) in [5.74, 6) is 0.871. The highest BCUT2D eigenvalue weighted by Crippen LogP contribution is 2.30. The molecule has 1 N–H and O–H groups in total. The maximum Gasteiger partial charge on any atom is 0.128 e. The average Bonchev–Trinajstić information content (AvgIpc) is 3.13. The Morgan fingerprint density at radius 2 is 1.96 bits per heavy atom. The van der Waals surface area contributed by atoms with Crippen molar-refractivity contribution in [2.75, 3.05) is 12.4 Å². The number of hydrogen-bond donors (Lipinski definition) is 1. The Kier molecular flexibility index (Phi) is 4.53. The van der Waals surface area contributed by atoms with E-state index in [1.54, 1.807) is 7.11 Å². The van der Waals surface area contributed by atoms with E-state index in [-0.39, 0.29) is 0 Å². The van der Waals surface area contributed by atoms with Crippen molar-refractivity contribution in [2.24, 2.45) is 0 Å². The summed E-state index contributed by atoms with van der Waals surface area (Å²) in [6.45, 7) is 0. The van der Waals surface area contributed by atoms with Crippen molar-refractivity contribution >= 4 is 16.6 Å². The van der Waals surface area contributed by atoms with Crippen LogP contribution in [0.5, 0.6) is 5.75 Å². The van der Waals surface area contributed by atoms with Crippen LogP contribution < -0.4 is 10.1 Å². The van der Waals surface area contributed by atoms with Crippen LogP contribution in [0.25, 0.3) is 16.6 Å². The number of methoxy groups -OCH3 is 1. The molecule has 0 aliphatic heterocycles. The first-order valence-electron chi connectivity index (χ1n) is 9.25. The van der Waals surface area contributed by atoms with Gasteiger partial charge in [0.15, 0.2) is 0 Å². The Bertz CT molecular complexity index is 961. The molecular formula is C22H23N3O. The number of rotatable bonds is 4. The van der Waals surface area contributed by atoms with Crippen molar-refractivity contribution < 1.29 is 4.74 Å². The van der Waals surface area contributed by atoms with Crippen LogP contribution in [0, 0.1) is 11.3 Å². The third kappa shape index (κ3) is 3.01. The van der Waals surface area contributed by atoms with Gasteiger partial charge in [-0.3, -0.25) is 0 Å². The molecule has 3 aromatic rings. The fourth-order valence-electron chi connectivity index (χ4n) is 3.91. The number of anilines is 1. The SMILES string of the molecule is COc1cccc2c1ccn2-c1ccc(C#N)c(NC2CCCCC2)c1. The highest BCUT2D eigenvalue weighted by atomic mass is 16.5. The summed E-state index contributed by atoms with van der Waals surface area (Å²) in [5.41, 5.74) is 3.78. The zero-order chi connectivity index (χ0) is 17.9. The van der Waals surface area contributed by atoms with Gasteiger partial charge in [0.25, 0.3) is 0 Å². The van der Waals surface area contributed by atoms with E-state index in [0.717, 1.165) is 28.0 Å². The van der Waals surface area contributed by atoms with Crippen molar-refractivity contribution in [2.45, 2.75) is 38.1 Å². The Balaban J connectivity index is 1.73. The van der Waals surface area contributed by atoms with Crippen LogP contribution in [-0.4, -0.2) is 17.7 Å². The highest BCUT2D eigenvalue weighted by Gasteiger charge is 2.16. The molecule has 26 heavy (non-hydrogen) atoms. The van der Waals surface area contributed by atoms with Gasteiger partial charge in [0.05, 0.1) is 23.9 Å². The lowest BCUT2D eigenvalue weighted by Crippen LogP contribution is -2.22. The summed E-state index contributed by atoms with van der Waals surface area (Å²) in [5, 5.41) is 14.2. The number of nitrogens with one attached hydrogen (secondary N) is 1. The van der Waals surface area contributed by atoms with Gasteiger partial charge in [0.2, 0.25) is 0 Å². The summed E-state index contributed by atoms with van der Waals surface area (Å²) in [6, 6.07) is 16.9. The molecule has 1 aromatic heterocycles. The fourth-order valence-corrected chi connectivity index (χ4v) is 3.91. The molecule has 4 heteroatoms. The van der Waals surface area contributed by atoms with Crippen molar-refractivity contribution in [3.8, 4) is 17.5 Å². The van der Waals surface area contributed by atoms with E-state index in [1.165, 1.54) is 32.1 Å². The molecule has 4 rings (SSSR count). The third-order valence-electron chi connectivity index (χ3n) is 5.28. The molecule has 4 nitrogen and oxygen atoms in total. The minimum absolute atomic E-state index is 0.465. The fraction of sp³-hybridized carbons (Fsp3) is 0.318. The second-order valence-corrected chi connectivity index (χ2v) is 6.90. The second-order valence-electron chi connectivity index (χ2n) is 6.90. The average molecular weight is 345 g/mol. The molecule has 1 saturated carbocycles. The van der Waals surface area contributed by atoms with Crippen molar-refractivity contribution in [3.63, 3.8) is 0 Å². The number of nitrogens with zero attached hydrogens (tertiary/aromatic N) is 2. The molecule has 0 amide bonds. The zero-order valence-corrected chi connectivity index (χ0v) is 15.0. The molecule has 1 aliphatic carbocycles. The lowest BCUT2D eigenvalue weighted by molar-refractivity contribution is 0.420. The quantitative estimate of drug-likeness (QED) is 0.702. The van der Waals surface area contributed by atoms with Gasteiger partial charge < -0.3 is 14.6 Å². The molecule has 0 spiro atoms. The van der Waals surface area contributed by atoms with E-state index in [9.17, 15) is 5.26 Å². The molecular weight excluding hydrogens is 322 g/mol. The maximum atomic E-state index is 9.50. The molecule has 0 radical (unpaired) electrons. The van der Waals surface area contributed by atoms with E-state index in [0.29, 0.717) is 11.6 Å². The largest absolute Gasteiger partial charge is 0.496 e. The summed E-state index contributed by atoms with van der Waals surface area (Å²) in [6.07, 6.45) is 8.26. The van der Waals surface area contributed by atoms with Gasteiger partial charge in [0.1, 0.15) is 11.8 Å². The third-order valence-corrected chi connectivity index (χ3v) is 5.28. The molecule has 1 heterocycles. The van der Waals surface area contributed by atoms with Crippen LogP contribution in [-0.2, 0) is 0 Å². The smallest absolute Gasteiger partial charge is 0.128 e. The Labute approximate surface area is 154 Å². The monoisotopic (exact) mass is 345 g/mol. The van der Waals surface area contributed by atoms with Gasteiger partial charge in [-0.15, -0.1) is 0 Å². The van der Waals surface area contributed by atoms with Crippen LogP contribution >= 0.6 is 0 Å².